The molecule has 0 aliphatic carbocycles. The molecule has 9 heteroatoms. The SMILES string of the molecule is CCCCC/C=C\C/C=C\C/C=C\C/C=C\C/C=C\CCC(=O)OCC(COP(=O)([O-])OCC[N+](C)(C)C)O/C=C\CCCCCCCC/C=C\CCCCCC. The van der Waals surface area contributed by atoms with Crippen molar-refractivity contribution >= 4 is 13.8 Å². The number of rotatable bonds is 40. The highest BCUT2D eigenvalue weighted by Gasteiger charge is 2.19. The molecule has 2 atom stereocenters. The molecule has 0 aliphatic rings. The molecule has 0 spiro atoms. The van der Waals surface area contributed by atoms with Crippen LogP contribution in [0.1, 0.15) is 162 Å². The number of carbonyl (C=O) groups is 1. The van der Waals surface area contributed by atoms with E-state index in [1.165, 1.54) is 89.9 Å². The van der Waals surface area contributed by atoms with Crippen LogP contribution in [0.3, 0.4) is 0 Å². The van der Waals surface area contributed by atoms with Crippen LogP contribution in [0.2, 0.25) is 0 Å². The number of hydrogen-bond donors (Lipinski definition) is 0. The number of nitrogens with zero attached hydrogens (tertiary/aromatic N) is 1. The predicted octanol–water partition coefficient (Wildman–Crippen LogP) is 13.0. The molecule has 57 heavy (non-hydrogen) atoms. The maximum absolute atomic E-state index is 12.5. The quantitative estimate of drug-likeness (QED) is 0.0152. The summed E-state index contributed by atoms with van der Waals surface area (Å²) < 4.78 is 34.3. The second kappa shape index (κ2) is 40.3. The summed E-state index contributed by atoms with van der Waals surface area (Å²) in [5.74, 6) is -0.377. The van der Waals surface area contributed by atoms with Crippen molar-refractivity contribution in [2.24, 2.45) is 0 Å². The predicted molar refractivity (Wildman–Crippen MR) is 240 cm³/mol. The summed E-state index contributed by atoms with van der Waals surface area (Å²) >= 11 is 0. The van der Waals surface area contributed by atoms with Crippen LogP contribution in [0, 0.1) is 0 Å². The van der Waals surface area contributed by atoms with Gasteiger partial charge in [-0.2, -0.15) is 0 Å². The van der Waals surface area contributed by atoms with E-state index in [1.807, 2.05) is 39.4 Å². The number of phosphoric acid groups is 1. The van der Waals surface area contributed by atoms with Gasteiger partial charge in [0.2, 0.25) is 0 Å². The zero-order valence-corrected chi connectivity index (χ0v) is 37.9. The molecule has 0 aromatic heterocycles. The van der Waals surface area contributed by atoms with Gasteiger partial charge in [0.05, 0.1) is 34.0 Å². The molecule has 0 rings (SSSR count). The molecule has 0 saturated heterocycles. The molecule has 0 aliphatic heterocycles. The largest absolute Gasteiger partial charge is 0.756 e. The van der Waals surface area contributed by atoms with Gasteiger partial charge in [0.25, 0.3) is 7.82 Å². The molecule has 0 heterocycles. The van der Waals surface area contributed by atoms with E-state index in [4.69, 9.17) is 18.5 Å². The van der Waals surface area contributed by atoms with Gasteiger partial charge in [0, 0.05) is 6.42 Å². The number of ether oxygens (including phenoxy) is 2. The lowest BCUT2D eigenvalue weighted by Crippen LogP contribution is -2.37. The average Bonchev–Trinajstić information content (AvgIpc) is 3.17. The van der Waals surface area contributed by atoms with Gasteiger partial charge in [-0.3, -0.25) is 9.36 Å². The smallest absolute Gasteiger partial charge is 0.306 e. The second-order valence-corrected chi connectivity index (χ2v) is 17.2. The van der Waals surface area contributed by atoms with E-state index in [-0.39, 0.29) is 32.2 Å². The van der Waals surface area contributed by atoms with Gasteiger partial charge >= 0.3 is 5.97 Å². The minimum absolute atomic E-state index is 0.0108. The molecule has 328 valence electrons. The molecular formula is C48H84NO7P. The summed E-state index contributed by atoms with van der Waals surface area (Å²) in [7, 11) is 1.31. The van der Waals surface area contributed by atoms with Crippen molar-refractivity contribution in [2.75, 3.05) is 47.5 Å². The van der Waals surface area contributed by atoms with Gasteiger partial charge in [0.15, 0.2) is 6.10 Å². The molecule has 8 nitrogen and oxygen atoms in total. The number of likely N-dealkylation sites (N-methyl/N-ethyl adjacent to an activating group) is 1. The summed E-state index contributed by atoms with van der Waals surface area (Å²) in [4.78, 5) is 24.8. The maximum Gasteiger partial charge on any atom is 0.306 e. The molecule has 0 bridgehead atoms. The van der Waals surface area contributed by atoms with E-state index in [9.17, 15) is 14.3 Å². The Balaban J connectivity index is 4.43. The van der Waals surface area contributed by atoms with Crippen molar-refractivity contribution in [3.63, 3.8) is 0 Å². The first kappa shape index (κ1) is 54.5. The van der Waals surface area contributed by atoms with Gasteiger partial charge in [0.1, 0.15) is 19.8 Å². The fourth-order valence-electron chi connectivity index (χ4n) is 5.45. The topological polar surface area (TPSA) is 94.1 Å². The fourth-order valence-corrected chi connectivity index (χ4v) is 6.18. The Bertz CT molecular complexity index is 1180. The molecule has 2 unspecified atom stereocenters. The van der Waals surface area contributed by atoms with Gasteiger partial charge in [-0.25, -0.2) is 0 Å². The highest BCUT2D eigenvalue weighted by atomic mass is 31.2. The summed E-state index contributed by atoms with van der Waals surface area (Å²) in [6.07, 6.45) is 54.2. The lowest BCUT2D eigenvalue weighted by molar-refractivity contribution is -0.870. The molecule has 0 N–H and O–H groups in total. The average molecular weight is 818 g/mol. The summed E-state index contributed by atoms with van der Waals surface area (Å²) in [5, 5.41) is 0. The summed E-state index contributed by atoms with van der Waals surface area (Å²) in [6.45, 7) is 4.56. The molecule has 0 amide bonds. The first-order valence-electron chi connectivity index (χ1n) is 22.4. The van der Waals surface area contributed by atoms with E-state index in [2.05, 4.69) is 74.6 Å². The van der Waals surface area contributed by atoms with Crippen molar-refractivity contribution in [1.29, 1.82) is 0 Å². The Morgan fingerprint density at radius 3 is 1.51 bits per heavy atom. The van der Waals surface area contributed by atoms with Crippen molar-refractivity contribution in [3.8, 4) is 0 Å². The number of allylic oxidation sites excluding steroid dienone is 13. The number of hydrogen-bond acceptors (Lipinski definition) is 7. The number of esters is 1. The van der Waals surface area contributed by atoms with Crippen LogP contribution >= 0.6 is 7.82 Å². The van der Waals surface area contributed by atoms with Crippen molar-refractivity contribution in [3.05, 3.63) is 85.3 Å². The van der Waals surface area contributed by atoms with Crippen molar-refractivity contribution in [1.82, 2.24) is 0 Å². The zero-order chi connectivity index (χ0) is 42.0. The van der Waals surface area contributed by atoms with Crippen LogP contribution in [0.4, 0.5) is 0 Å². The Morgan fingerprint density at radius 2 is 0.982 bits per heavy atom. The lowest BCUT2D eigenvalue weighted by atomic mass is 10.1. The van der Waals surface area contributed by atoms with E-state index in [1.54, 1.807) is 6.26 Å². The Morgan fingerprint density at radius 1 is 0.561 bits per heavy atom. The van der Waals surface area contributed by atoms with Crippen LogP contribution in [-0.2, 0) is 27.9 Å². The number of unbranched alkanes of at least 4 members (excludes halogenated alkanes) is 14. The van der Waals surface area contributed by atoms with E-state index < -0.39 is 13.9 Å². The fraction of sp³-hybridized carbons (Fsp3) is 0.688. The van der Waals surface area contributed by atoms with Crippen LogP contribution in [0.15, 0.2) is 85.3 Å². The van der Waals surface area contributed by atoms with E-state index in [0.29, 0.717) is 17.4 Å². The monoisotopic (exact) mass is 818 g/mol. The Labute approximate surface area is 350 Å². The van der Waals surface area contributed by atoms with Crippen molar-refractivity contribution in [2.45, 2.75) is 168 Å². The number of quaternary nitrogens is 1. The molecule has 0 aromatic rings. The first-order chi connectivity index (χ1) is 27.6. The minimum Gasteiger partial charge on any atom is -0.756 e. The van der Waals surface area contributed by atoms with Crippen LogP contribution < -0.4 is 4.89 Å². The molecule has 0 fully saturated rings. The van der Waals surface area contributed by atoms with Gasteiger partial charge in [-0.05, 0) is 89.5 Å². The van der Waals surface area contributed by atoms with Gasteiger partial charge in [-0.15, -0.1) is 0 Å². The summed E-state index contributed by atoms with van der Waals surface area (Å²) in [5.41, 5.74) is 0. The standard InChI is InChI=1S/C48H84NO7P/c1-6-8-10-12-14-16-18-20-22-24-25-26-27-29-31-33-35-37-39-41-48(50)54-45-47(46-56-57(51,52)55-44-42-49(3,4)5)53-43-40-38-36-34-32-30-28-23-21-19-17-15-13-11-9-7-2/h14,16-17,19-20,22,25-26,29,31,35,37,40,43,47H,6-13,15,18,21,23-24,27-28,30,32-34,36,38-39,41-42,44-46H2,1-5H3/b16-14-,19-17-,22-20-,26-25-,31-29-,37-35-,43-40-. The van der Waals surface area contributed by atoms with Crippen LogP contribution in [0.5, 0.6) is 0 Å². The van der Waals surface area contributed by atoms with Crippen molar-refractivity contribution < 1.29 is 37.3 Å². The first-order valence-corrected chi connectivity index (χ1v) is 23.8. The molecule has 0 saturated carbocycles. The van der Waals surface area contributed by atoms with Gasteiger partial charge < -0.3 is 27.9 Å². The zero-order valence-electron chi connectivity index (χ0n) is 37.0. The maximum atomic E-state index is 12.5. The van der Waals surface area contributed by atoms with E-state index >= 15 is 0 Å². The Hall–Kier alpha value is -2.48. The van der Waals surface area contributed by atoms with Gasteiger partial charge in [-0.1, -0.05) is 145 Å². The molecule has 0 aromatic carbocycles. The minimum atomic E-state index is -4.54. The number of carbonyl (C=O) groups excluding carboxylic acids is 1. The third-order valence-corrected chi connectivity index (χ3v) is 9.99. The highest BCUT2D eigenvalue weighted by Crippen LogP contribution is 2.38. The van der Waals surface area contributed by atoms with Crippen LogP contribution in [0.25, 0.3) is 0 Å². The van der Waals surface area contributed by atoms with E-state index in [0.717, 1.165) is 44.9 Å². The highest BCUT2D eigenvalue weighted by molar-refractivity contribution is 7.45. The Kier molecular flexibility index (Phi) is 38.6. The second-order valence-electron chi connectivity index (χ2n) is 15.8. The van der Waals surface area contributed by atoms with Crippen LogP contribution in [-0.4, -0.2) is 64.1 Å². The number of phosphoric ester groups is 1. The third-order valence-electron chi connectivity index (χ3n) is 9.02. The normalized spacial score (nSPS) is 14.5. The molecular weight excluding hydrogens is 734 g/mol. The third kappa shape index (κ3) is 44.5. The summed E-state index contributed by atoms with van der Waals surface area (Å²) in [6, 6.07) is 0. The lowest BCUT2D eigenvalue weighted by Gasteiger charge is -2.28. The molecule has 0 radical (unpaired) electrons.